The highest BCUT2D eigenvalue weighted by Gasteiger charge is 2.25. The SMILES string of the molecule is CCN(c1nccn1C)C1CCC(N)CC1. The predicted octanol–water partition coefficient (Wildman–Crippen LogP) is 1.52. The summed E-state index contributed by atoms with van der Waals surface area (Å²) >= 11 is 0. The minimum Gasteiger partial charge on any atom is -0.340 e. The Hall–Kier alpha value is -1.03. The summed E-state index contributed by atoms with van der Waals surface area (Å²) in [5.41, 5.74) is 5.95. The van der Waals surface area contributed by atoms with E-state index >= 15 is 0 Å². The minimum atomic E-state index is 0.413. The van der Waals surface area contributed by atoms with Crippen LogP contribution in [0.5, 0.6) is 0 Å². The molecule has 1 aromatic heterocycles. The lowest BCUT2D eigenvalue weighted by molar-refractivity contribution is 0.374. The number of nitrogens with zero attached hydrogens (tertiary/aromatic N) is 3. The molecule has 1 aliphatic rings. The molecule has 4 nitrogen and oxygen atoms in total. The quantitative estimate of drug-likeness (QED) is 0.843. The monoisotopic (exact) mass is 222 g/mol. The summed E-state index contributed by atoms with van der Waals surface area (Å²) in [4.78, 5) is 6.85. The van der Waals surface area contributed by atoms with Crippen LogP contribution in [-0.4, -0.2) is 28.2 Å². The fourth-order valence-electron chi connectivity index (χ4n) is 2.61. The van der Waals surface area contributed by atoms with Crippen LogP contribution in [0.4, 0.5) is 5.95 Å². The lowest BCUT2D eigenvalue weighted by Gasteiger charge is -2.36. The van der Waals surface area contributed by atoms with E-state index in [1.807, 2.05) is 12.4 Å². The van der Waals surface area contributed by atoms with E-state index in [2.05, 4.69) is 28.4 Å². The number of aromatic nitrogens is 2. The number of imidazole rings is 1. The van der Waals surface area contributed by atoms with Crippen LogP contribution in [0, 0.1) is 0 Å². The summed E-state index contributed by atoms with van der Waals surface area (Å²) in [5.74, 6) is 1.09. The van der Waals surface area contributed by atoms with E-state index in [1.165, 1.54) is 12.8 Å². The third-order valence-electron chi connectivity index (χ3n) is 3.58. The average Bonchev–Trinajstić information content (AvgIpc) is 2.69. The molecule has 4 heteroatoms. The molecule has 0 bridgehead atoms. The van der Waals surface area contributed by atoms with E-state index < -0.39 is 0 Å². The van der Waals surface area contributed by atoms with Gasteiger partial charge in [0.1, 0.15) is 0 Å². The van der Waals surface area contributed by atoms with Crippen molar-refractivity contribution in [3.63, 3.8) is 0 Å². The fraction of sp³-hybridized carbons (Fsp3) is 0.750. The van der Waals surface area contributed by atoms with Crippen LogP contribution in [0.15, 0.2) is 12.4 Å². The Balaban J connectivity index is 2.08. The van der Waals surface area contributed by atoms with Gasteiger partial charge in [0.05, 0.1) is 0 Å². The van der Waals surface area contributed by atoms with Gasteiger partial charge in [-0.3, -0.25) is 0 Å². The van der Waals surface area contributed by atoms with Crippen molar-refractivity contribution in [1.29, 1.82) is 0 Å². The molecule has 1 aromatic rings. The lowest BCUT2D eigenvalue weighted by Crippen LogP contribution is -2.42. The highest BCUT2D eigenvalue weighted by atomic mass is 15.3. The first kappa shape index (κ1) is 11.5. The van der Waals surface area contributed by atoms with Gasteiger partial charge in [0.25, 0.3) is 0 Å². The number of nitrogens with two attached hydrogens (primary N) is 1. The number of hydrogen-bond donors (Lipinski definition) is 1. The van der Waals surface area contributed by atoms with Crippen LogP contribution in [0.1, 0.15) is 32.6 Å². The van der Waals surface area contributed by atoms with E-state index in [1.54, 1.807) is 0 Å². The topological polar surface area (TPSA) is 47.1 Å². The van der Waals surface area contributed by atoms with Crippen molar-refractivity contribution >= 4 is 5.95 Å². The second kappa shape index (κ2) is 4.87. The molecule has 90 valence electrons. The highest BCUT2D eigenvalue weighted by Crippen LogP contribution is 2.25. The zero-order chi connectivity index (χ0) is 11.5. The Kier molecular flexibility index (Phi) is 3.49. The van der Waals surface area contributed by atoms with Crippen molar-refractivity contribution in [3.8, 4) is 0 Å². The van der Waals surface area contributed by atoms with Gasteiger partial charge in [-0.2, -0.15) is 0 Å². The molecule has 0 aliphatic heterocycles. The third-order valence-corrected chi connectivity index (χ3v) is 3.58. The molecule has 1 aliphatic carbocycles. The molecule has 1 fully saturated rings. The fourth-order valence-corrected chi connectivity index (χ4v) is 2.61. The van der Waals surface area contributed by atoms with Crippen LogP contribution in [0.25, 0.3) is 0 Å². The van der Waals surface area contributed by atoms with Crippen molar-refractivity contribution in [2.75, 3.05) is 11.4 Å². The van der Waals surface area contributed by atoms with Gasteiger partial charge in [-0.25, -0.2) is 4.98 Å². The number of aryl methyl sites for hydroxylation is 1. The van der Waals surface area contributed by atoms with Crippen molar-refractivity contribution in [3.05, 3.63) is 12.4 Å². The Morgan fingerprint density at radius 2 is 2.12 bits per heavy atom. The van der Waals surface area contributed by atoms with Crippen molar-refractivity contribution < 1.29 is 0 Å². The summed E-state index contributed by atoms with van der Waals surface area (Å²) in [6.07, 6.45) is 8.56. The van der Waals surface area contributed by atoms with Crippen LogP contribution in [-0.2, 0) is 7.05 Å². The Morgan fingerprint density at radius 1 is 1.44 bits per heavy atom. The van der Waals surface area contributed by atoms with Crippen molar-refractivity contribution in [2.45, 2.75) is 44.7 Å². The predicted molar refractivity (Wildman–Crippen MR) is 66.5 cm³/mol. The van der Waals surface area contributed by atoms with Gasteiger partial charge < -0.3 is 15.2 Å². The maximum atomic E-state index is 5.95. The van der Waals surface area contributed by atoms with E-state index in [-0.39, 0.29) is 0 Å². The van der Waals surface area contributed by atoms with Crippen LogP contribution >= 0.6 is 0 Å². The average molecular weight is 222 g/mol. The molecule has 0 amide bonds. The van der Waals surface area contributed by atoms with Crippen molar-refractivity contribution in [1.82, 2.24) is 9.55 Å². The van der Waals surface area contributed by atoms with E-state index in [0.717, 1.165) is 25.3 Å². The maximum absolute atomic E-state index is 5.95. The molecular weight excluding hydrogens is 200 g/mol. The van der Waals surface area contributed by atoms with Gasteiger partial charge in [-0.15, -0.1) is 0 Å². The zero-order valence-electron chi connectivity index (χ0n) is 10.3. The largest absolute Gasteiger partial charge is 0.340 e. The maximum Gasteiger partial charge on any atom is 0.205 e. The first-order valence-electron chi connectivity index (χ1n) is 6.22. The molecule has 1 saturated carbocycles. The molecule has 1 heterocycles. The molecule has 0 spiro atoms. The van der Waals surface area contributed by atoms with Gasteiger partial charge in [0, 0.05) is 38.1 Å². The number of anilines is 1. The molecule has 2 rings (SSSR count). The molecular formula is C12H22N4. The minimum absolute atomic E-state index is 0.413. The molecule has 0 saturated heterocycles. The van der Waals surface area contributed by atoms with Crippen LogP contribution in [0.2, 0.25) is 0 Å². The third kappa shape index (κ3) is 2.21. The Labute approximate surface area is 97.4 Å². The van der Waals surface area contributed by atoms with Gasteiger partial charge in [0.2, 0.25) is 5.95 Å². The summed E-state index contributed by atoms with van der Waals surface area (Å²) in [6.45, 7) is 3.22. The lowest BCUT2D eigenvalue weighted by atomic mass is 9.91. The molecule has 2 N–H and O–H groups in total. The van der Waals surface area contributed by atoms with E-state index in [4.69, 9.17) is 5.73 Å². The molecule has 0 aromatic carbocycles. The van der Waals surface area contributed by atoms with E-state index in [0.29, 0.717) is 12.1 Å². The smallest absolute Gasteiger partial charge is 0.205 e. The summed E-state index contributed by atoms with van der Waals surface area (Å²) in [7, 11) is 2.06. The molecule has 0 radical (unpaired) electrons. The summed E-state index contributed by atoms with van der Waals surface area (Å²) in [5, 5.41) is 0. The van der Waals surface area contributed by atoms with Gasteiger partial charge in [-0.1, -0.05) is 0 Å². The van der Waals surface area contributed by atoms with Crippen molar-refractivity contribution in [2.24, 2.45) is 12.8 Å². The Bertz CT molecular complexity index is 326. The van der Waals surface area contributed by atoms with Gasteiger partial charge >= 0.3 is 0 Å². The van der Waals surface area contributed by atoms with Gasteiger partial charge in [-0.05, 0) is 32.6 Å². The number of rotatable bonds is 3. The second-order valence-electron chi connectivity index (χ2n) is 4.69. The normalized spacial score (nSPS) is 25.7. The van der Waals surface area contributed by atoms with Gasteiger partial charge in [0.15, 0.2) is 0 Å². The van der Waals surface area contributed by atoms with Crippen LogP contribution < -0.4 is 10.6 Å². The molecule has 16 heavy (non-hydrogen) atoms. The first-order valence-corrected chi connectivity index (χ1v) is 6.22. The summed E-state index contributed by atoms with van der Waals surface area (Å²) in [6, 6.07) is 1.03. The van der Waals surface area contributed by atoms with Crippen LogP contribution in [0.3, 0.4) is 0 Å². The number of hydrogen-bond acceptors (Lipinski definition) is 3. The standard InChI is InChI=1S/C12H22N4/c1-3-16(12-14-8-9-15(12)2)11-6-4-10(13)5-7-11/h8-11H,3-7,13H2,1-2H3. The molecule has 0 atom stereocenters. The highest BCUT2D eigenvalue weighted by molar-refractivity contribution is 5.32. The first-order chi connectivity index (χ1) is 7.72. The molecule has 0 unspecified atom stereocenters. The Morgan fingerprint density at radius 3 is 2.62 bits per heavy atom. The van der Waals surface area contributed by atoms with E-state index in [9.17, 15) is 0 Å². The second-order valence-corrected chi connectivity index (χ2v) is 4.69. The zero-order valence-corrected chi connectivity index (χ0v) is 10.3. The summed E-state index contributed by atoms with van der Waals surface area (Å²) < 4.78 is 2.10.